The van der Waals surface area contributed by atoms with E-state index in [1.54, 1.807) is 17.0 Å². The van der Waals surface area contributed by atoms with E-state index in [1.807, 2.05) is 91.9 Å². The fraction of sp³-hybridized carbons (Fsp3) is 0.111. The predicted molar refractivity (Wildman–Crippen MR) is 133 cm³/mol. The third-order valence-corrected chi connectivity index (χ3v) is 6.36. The van der Waals surface area contributed by atoms with E-state index in [9.17, 15) is 9.59 Å². The number of rotatable bonds is 8. The smallest absolute Gasteiger partial charge is 0.291 e. The van der Waals surface area contributed by atoms with Gasteiger partial charge in [-0.05, 0) is 61.0 Å². The monoisotopic (exact) mass is 456 g/mol. The first-order valence-corrected chi connectivity index (χ1v) is 11.6. The molecular weight excluding hydrogens is 432 g/mol. The van der Waals surface area contributed by atoms with Crippen LogP contribution >= 0.6 is 11.8 Å². The van der Waals surface area contributed by atoms with Crippen LogP contribution in [-0.2, 0) is 4.79 Å². The average Bonchev–Trinajstić information content (AvgIpc) is 3.40. The summed E-state index contributed by atoms with van der Waals surface area (Å²) in [5.41, 5.74) is 2.30. The molecule has 4 rings (SSSR count). The lowest BCUT2D eigenvalue weighted by atomic mass is 10.2. The van der Waals surface area contributed by atoms with Crippen LogP contribution in [0, 0.1) is 0 Å². The van der Waals surface area contributed by atoms with Crippen LogP contribution < -0.4 is 10.2 Å². The van der Waals surface area contributed by atoms with Crippen molar-refractivity contribution in [3.63, 3.8) is 0 Å². The Kier molecular flexibility index (Phi) is 7.27. The number of anilines is 3. The lowest BCUT2D eigenvalue weighted by Gasteiger charge is -2.27. The Labute approximate surface area is 197 Å². The number of nitrogens with zero attached hydrogens (tertiary/aromatic N) is 1. The van der Waals surface area contributed by atoms with Gasteiger partial charge < -0.3 is 9.73 Å². The van der Waals surface area contributed by atoms with Gasteiger partial charge in [-0.3, -0.25) is 14.5 Å². The van der Waals surface area contributed by atoms with E-state index in [4.69, 9.17) is 4.42 Å². The number of hydrogen-bond donors (Lipinski definition) is 1. The normalized spacial score (nSPS) is 11.5. The summed E-state index contributed by atoms with van der Waals surface area (Å²) in [7, 11) is 0. The van der Waals surface area contributed by atoms with E-state index in [0.29, 0.717) is 12.1 Å². The molecule has 0 aliphatic heterocycles. The lowest BCUT2D eigenvalue weighted by Crippen LogP contribution is -2.34. The highest BCUT2D eigenvalue weighted by molar-refractivity contribution is 8.00. The van der Waals surface area contributed by atoms with E-state index in [-0.39, 0.29) is 22.8 Å². The number of amides is 2. The molecule has 0 aliphatic carbocycles. The quantitative estimate of drug-likeness (QED) is 0.297. The van der Waals surface area contributed by atoms with Crippen LogP contribution in [-0.4, -0.2) is 17.1 Å². The summed E-state index contributed by atoms with van der Waals surface area (Å²) in [6, 6.07) is 30.1. The van der Waals surface area contributed by atoms with Gasteiger partial charge in [0.2, 0.25) is 5.91 Å². The SMILES string of the molecule is CCC(Sc1cccc(NC(=O)c2ccco2)c1)C(=O)N(c1ccccc1)c1ccccc1. The van der Waals surface area contributed by atoms with E-state index in [2.05, 4.69) is 5.32 Å². The molecule has 5 nitrogen and oxygen atoms in total. The minimum Gasteiger partial charge on any atom is -0.459 e. The molecule has 1 heterocycles. The molecule has 6 heteroatoms. The molecule has 0 saturated heterocycles. The van der Waals surface area contributed by atoms with Gasteiger partial charge >= 0.3 is 0 Å². The van der Waals surface area contributed by atoms with Gasteiger partial charge in [-0.15, -0.1) is 11.8 Å². The molecule has 4 aromatic rings. The van der Waals surface area contributed by atoms with Gasteiger partial charge in [-0.1, -0.05) is 49.4 Å². The van der Waals surface area contributed by atoms with Crippen molar-refractivity contribution < 1.29 is 14.0 Å². The minimum absolute atomic E-state index is 0.00456. The van der Waals surface area contributed by atoms with Gasteiger partial charge in [-0.25, -0.2) is 0 Å². The van der Waals surface area contributed by atoms with Gasteiger partial charge in [0.25, 0.3) is 5.91 Å². The number of hydrogen-bond acceptors (Lipinski definition) is 4. The maximum absolute atomic E-state index is 13.7. The number of thioether (sulfide) groups is 1. The summed E-state index contributed by atoms with van der Waals surface area (Å²) < 4.78 is 5.15. The van der Waals surface area contributed by atoms with Gasteiger partial charge in [0.15, 0.2) is 5.76 Å². The largest absolute Gasteiger partial charge is 0.459 e. The van der Waals surface area contributed by atoms with Crippen molar-refractivity contribution in [2.45, 2.75) is 23.5 Å². The topological polar surface area (TPSA) is 62.6 Å². The second-order valence-electron chi connectivity index (χ2n) is 7.32. The Hall–Kier alpha value is -3.77. The van der Waals surface area contributed by atoms with Crippen LogP contribution in [0.5, 0.6) is 0 Å². The van der Waals surface area contributed by atoms with Gasteiger partial charge in [-0.2, -0.15) is 0 Å². The molecule has 0 saturated carbocycles. The zero-order valence-corrected chi connectivity index (χ0v) is 19.0. The average molecular weight is 457 g/mol. The van der Waals surface area contributed by atoms with Gasteiger partial charge in [0, 0.05) is 22.0 Å². The van der Waals surface area contributed by atoms with Crippen molar-refractivity contribution in [3.8, 4) is 0 Å². The fourth-order valence-electron chi connectivity index (χ4n) is 3.42. The van der Waals surface area contributed by atoms with Gasteiger partial charge in [0.1, 0.15) is 0 Å². The lowest BCUT2D eigenvalue weighted by molar-refractivity contribution is -0.117. The fourth-order valence-corrected chi connectivity index (χ4v) is 4.48. The highest BCUT2D eigenvalue weighted by atomic mass is 32.2. The van der Waals surface area contributed by atoms with Crippen molar-refractivity contribution in [2.24, 2.45) is 0 Å². The summed E-state index contributed by atoms with van der Waals surface area (Å²) in [5.74, 6) is -0.0643. The molecule has 33 heavy (non-hydrogen) atoms. The predicted octanol–water partition coefficient (Wildman–Crippen LogP) is 6.77. The number of para-hydroxylation sites is 2. The summed E-state index contributed by atoms with van der Waals surface area (Å²) in [6.07, 6.45) is 2.12. The number of benzene rings is 3. The molecule has 0 bridgehead atoms. The highest BCUT2D eigenvalue weighted by Gasteiger charge is 2.26. The van der Waals surface area contributed by atoms with Crippen LogP contribution in [0.3, 0.4) is 0 Å². The Morgan fingerprint density at radius 1 is 0.879 bits per heavy atom. The molecule has 0 radical (unpaired) electrons. The molecule has 2 amide bonds. The van der Waals surface area contributed by atoms with E-state index in [1.165, 1.54) is 18.0 Å². The van der Waals surface area contributed by atoms with E-state index >= 15 is 0 Å². The van der Waals surface area contributed by atoms with Crippen molar-refractivity contribution in [1.82, 2.24) is 0 Å². The molecule has 3 aromatic carbocycles. The molecule has 166 valence electrons. The minimum atomic E-state index is -0.315. The van der Waals surface area contributed by atoms with Crippen molar-refractivity contribution in [3.05, 3.63) is 109 Å². The molecule has 0 spiro atoms. The Balaban J connectivity index is 1.55. The number of furan rings is 1. The van der Waals surface area contributed by atoms with Crippen molar-refractivity contribution in [2.75, 3.05) is 10.2 Å². The summed E-state index contributed by atoms with van der Waals surface area (Å²) in [4.78, 5) is 28.7. The molecule has 1 atom stereocenters. The van der Waals surface area contributed by atoms with Crippen molar-refractivity contribution in [1.29, 1.82) is 0 Å². The zero-order valence-electron chi connectivity index (χ0n) is 18.2. The summed E-state index contributed by atoms with van der Waals surface area (Å²) >= 11 is 1.49. The maximum atomic E-state index is 13.7. The first kappa shape index (κ1) is 22.4. The highest BCUT2D eigenvalue weighted by Crippen LogP contribution is 2.33. The number of nitrogens with one attached hydrogen (secondary N) is 1. The van der Waals surface area contributed by atoms with Crippen LogP contribution in [0.25, 0.3) is 0 Å². The van der Waals surface area contributed by atoms with Crippen LogP contribution in [0.2, 0.25) is 0 Å². The third kappa shape index (κ3) is 5.54. The van der Waals surface area contributed by atoms with Crippen LogP contribution in [0.15, 0.2) is 113 Å². The van der Waals surface area contributed by atoms with E-state index < -0.39 is 0 Å². The summed E-state index contributed by atoms with van der Waals surface area (Å²) in [5, 5.41) is 2.53. The molecule has 0 aliphatic rings. The molecule has 1 aromatic heterocycles. The first-order valence-electron chi connectivity index (χ1n) is 10.7. The van der Waals surface area contributed by atoms with E-state index in [0.717, 1.165) is 16.3 Å². The molecular formula is C27H24N2O3S. The second-order valence-corrected chi connectivity index (χ2v) is 8.59. The Morgan fingerprint density at radius 2 is 1.55 bits per heavy atom. The van der Waals surface area contributed by atoms with Crippen LogP contribution in [0.1, 0.15) is 23.9 Å². The Bertz CT molecular complexity index is 1160. The third-order valence-electron chi connectivity index (χ3n) is 5.01. The van der Waals surface area contributed by atoms with Gasteiger partial charge in [0.05, 0.1) is 11.5 Å². The summed E-state index contributed by atoms with van der Waals surface area (Å²) in [6.45, 7) is 2.01. The number of carbonyl (C=O) groups excluding carboxylic acids is 2. The Morgan fingerprint density at radius 3 is 2.12 bits per heavy atom. The maximum Gasteiger partial charge on any atom is 0.291 e. The number of carbonyl (C=O) groups is 2. The standard InChI is InChI=1S/C27H24N2O3S/c1-2-25(27(31)29(21-12-5-3-6-13-21)22-14-7-4-8-15-22)33-23-16-9-11-20(19-23)28-26(30)24-17-10-18-32-24/h3-19,25H,2H2,1H3,(H,28,30). The van der Waals surface area contributed by atoms with Crippen molar-refractivity contribution >= 4 is 40.6 Å². The second kappa shape index (κ2) is 10.7. The molecule has 0 fully saturated rings. The molecule has 1 unspecified atom stereocenters. The first-order chi connectivity index (χ1) is 16.2. The zero-order chi connectivity index (χ0) is 23.0. The molecule has 1 N–H and O–H groups in total. The van der Waals surface area contributed by atoms with Crippen LogP contribution in [0.4, 0.5) is 17.1 Å².